The number of rotatable bonds is 3. The lowest BCUT2D eigenvalue weighted by molar-refractivity contribution is -0.671. The van der Waals surface area contributed by atoms with Crippen LogP contribution in [0.3, 0.4) is 0 Å². The van der Waals surface area contributed by atoms with Crippen molar-refractivity contribution in [3.05, 3.63) is 39.5 Å². The van der Waals surface area contributed by atoms with Gasteiger partial charge in [-0.15, -0.1) is 11.3 Å². The third kappa shape index (κ3) is 3.26. The van der Waals surface area contributed by atoms with Crippen LogP contribution in [0.5, 0.6) is 0 Å². The van der Waals surface area contributed by atoms with E-state index in [1.54, 1.807) is 0 Å². The molecule has 0 aliphatic heterocycles. The Hall–Kier alpha value is -0.460. The number of aryl methyl sites for hydroxylation is 1. The minimum atomic E-state index is 0. The molecule has 0 bridgehead atoms. The minimum absolute atomic E-state index is 0. The summed E-state index contributed by atoms with van der Waals surface area (Å²) < 4.78 is 4.78. The van der Waals surface area contributed by atoms with Crippen molar-refractivity contribution in [1.29, 1.82) is 0 Å². The second-order valence-corrected chi connectivity index (χ2v) is 5.74. The maximum atomic E-state index is 11.8. The highest BCUT2D eigenvalue weighted by molar-refractivity contribution is 9.11. The van der Waals surface area contributed by atoms with Crippen LogP contribution in [0, 0.1) is 0 Å². The molecule has 0 aromatic carbocycles. The van der Waals surface area contributed by atoms with Gasteiger partial charge >= 0.3 is 0 Å². The molecule has 2 aromatic rings. The van der Waals surface area contributed by atoms with Crippen LogP contribution in [-0.2, 0) is 13.6 Å². The van der Waals surface area contributed by atoms with Crippen molar-refractivity contribution >= 4 is 33.0 Å². The summed E-state index contributed by atoms with van der Waals surface area (Å²) in [6.07, 6.45) is 5.69. The van der Waals surface area contributed by atoms with Gasteiger partial charge in [0.05, 0.1) is 15.7 Å². The lowest BCUT2D eigenvalue weighted by Crippen LogP contribution is -3.00. The number of hydrogen-bond donors (Lipinski definition) is 0. The van der Waals surface area contributed by atoms with E-state index in [0.29, 0.717) is 6.54 Å². The van der Waals surface area contributed by atoms with Crippen molar-refractivity contribution in [3.63, 3.8) is 0 Å². The number of nitrogens with zero attached hydrogens (tertiary/aromatic N) is 2. The van der Waals surface area contributed by atoms with Crippen LogP contribution in [0.15, 0.2) is 34.6 Å². The highest BCUT2D eigenvalue weighted by Crippen LogP contribution is 2.22. The van der Waals surface area contributed by atoms with Crippen molar-refractivity contribution in [2.24, 2.45) is 7.05 Å². The summed E-state index contributed by atoms with van der Waals surface area (Å²) in [6.45, 7) is 0.397. The van der Waals surface area contributed by atoms with Gasteiger partial charge in [-0.1, -0.05) is 0 Å². The normalized spacial score (nSPS) is 9.88. The van der Waals surface area contributed by atoms with Crippen molar-refractivity contribution < 1.29 is 26.3 Å². The van der Waals surface area contributed by atoms with Crippen LogP contribution in [0.2, 0.25) is 0 Å². The van der Waals surface area contributed by atoms with Gasteiger partial charge < -0.3 is 17.0 Å². The zero-order valence-corrected chi connectivity index (χ0v) is 12.5. The molecule has 2 aromatic heterocycles. The summed E-state index contributed by atoms with van der Waals surface area (Å²) in [5.41, 5.74) is 0. The molecule has 3 nitrogen and oxygen atoms in total. The predicted molar refractivity (Wildman–Crippen MR) is 62.0 cm³/mol. The second kappa shape index (κ2) is 5.75. The Morgan fingerprint density at radius 3 is 2.81 bits per heavy atom. The van der Waals surface area contributed by atoms with Gasteiger partial charge in [0.2, 0.25) is 12.1 Å². The van der Waals surface area contributed by atoms with E-state index in [9.17, 15) is 4.79 Å². The number of Topliss-reactive ketones (excluding diaryl/α,β-unsaturated/α-hetero) is 1. The third-order valence-corrected chi connectivity index (χ3v) is 3.66. The molecule has 0 aliphatic carbocycles. The smallest absolute Gasteiger partial charge is 0.243 e. The van der Waals surface area contributed by atoms with E-state index in [4.69, 9.17) is 0 Å². The Bertz CT molecular complexity index is 492. The standard InChI is InChI=1S/C10H10BrN2OS.BrH/c1-12-4-5-13(7-12)6-8(14)9-2-3-10(11)15-9;/h2-5,7H,6H2,1H3;1H/q+1;/p-1. The molecule has 0 amide bonds. The van der Waals surface area contributed by atoms with Gasteiger partial charge in [-0.05, 0) is 28.1 Å². The molecular formula is C10H10Br2N2OS. The Kier molecular flexibility index (Phi) is 4.89. The van der Waals surface area contributed by atoms with E-state index in [1.165, 1.54) is 11.3 Å². The molecule has 2 heterocycles. The van der Waals surface area contributed by atoms with Crippen LogP contribution >= 0.6 is 27.3 Å². The molecule has 0 aliphatic rings. The first kappa shape index (κ1) is 13.6. The lowest BCUT2D eigenvalue weighted by atomic mass is 10.3. The first-order valence-electron chi connectivity index (χ1n) is 4.45. The Morgan fingerprint density at radius 1 is 1.56 bits per heavy atom. The Morgan fingerprint density at radius 2 is 2.31 bits per heavy atom. The van der Waals surface area contributed by atoms with E-state index in [0.717, 1.165) is 8.66 Å². The second-order valence-electron chi connectivity index (χ2n) is 3.28. The molecule has 0 radical (unpaired) electrons. The van der Waals surface area contributed by atoms with Crippen LogP contribution in [-0.4, -0.2) is 10.4 Å². The van der Waals surface area contributed by atoms with Crippen LogP contribution in [0.25, 0.3) is 0 Å². The fourth-order valence-corrected chi connectivity index (χ4v) is 2.62. The quantitative estimate of drug-likeness (QED) is 0.507. The number of halogens is 2. The van der Waals surface area contributed by atoms with Crippen molar-refractivity contribution in [2.75, 3.05) is 0 Å². The van der Waals surface area contributed by atoms with Crippen molar-refractivity contribution in [2.45, 2.75) is 6.54 Å². The van der Waals surface area contributed by atoms with Crippen LogP contribution in [0.4, 0.5) is 0 Å². The van der Waals surface area contributed by atoms with Gasteiger partial charge in [0.1, 0.15) is 12.4 Å². The highest BCUT2D eigenvalue weighted by atomic mass is 79.9. The van der Waals surface area contributed by atoms with Crippen molar-refractivity contribution in [3.8, 4) is 0 Å². The number of carbonyl (C=O) groups excluding carboxylic acids is 1. The lowest BCUT2D eigenvalue weighted by Gasteiger charge is -1.93. The fourth-order valence-electron chi connectivity index (χ4n) is 1.30. The molecule has 0 atom stereocenters. The zero-order valence-electron chi connectivity index (χ0n) is 8.56. The van der Waals surface area contributed by atoms with Gasteiger partial charge in [-0.3, -0.25) is 4.79 Å². The van der Waals surface area contributed by atoms with Gasteiger partial charge in [0.25, 0.3) is 0 Å². The van der Waals surface area contributed by atoms with Gasteiger partial charge in [0, 0.05) is 0 Å². The Balaban J connectivity index is 0.00000128. The van der Waals surface area contributed by atoms with Crippen LogP contribution in [0.1, 0.15) is 9.67 Å². The summed E-state index contributed by atoms with van der Waals surface area (Å²) >= 11 is 4.81. The number of ketones is 1. The van der Waals surface area contributed by atoms with Gasteiger partial charge in [-0.2, -0.15) is 0 Å². The molecule has 86 valence electrons. The number of thiophene rings is 1. The molecule has 0 saturated carbocycles. The van der Waals surface area contributed by atoms with E-state index in [1.807, 2.05) is 47.0 Å². The predicted octanol–water partition coefficient (Wildman–Crippen LogP) is -0.976. The molecule has 0 N–H and O–H groups in total. The third-order valence-electron chi connectivity index (χ3n) is 2.00. The Labute approximate surface area is 117 Å². The topological polar surface area (TPSA) is 25.9 Å². The fraction of sp³-hybridized carbons (Fsp3) is 0.200. The molecule has 2 rings (SSSR count). The number of hydrogen-bond acceptors (Lipinski definition) is 2. The maximum absolute atomic E-state index is 11.8. The number of imidazole rings is 1. The maximum Gasteiger partial charge on any atom is 0.243 e. The van der Waals surface area contributed by atoms with Gasteiger partial charge in [0.15, 0.2) is 6.54 Å². The summed E-state index contributed by atoms with van der Waals surface area (Å²) in [6, 6.07) is 3.74. The molecule has 0 saturated heterocycles. The van der Waals surface area contributed by atoms with Crippen LogP contribution < -0.4 is 21.5 Å². The van der Waals surface area contributed by atoms with E-state index < -0.39 is 0 Å². The SMILES string of the molecule is C[n+]1ccn(CC(=O)c2ccc(Br)s2)c1.[Br-]. The molecule has 6 heteroatoms. The van der Waals surface area contributed by atoms with Crippen molar-refractivity contribution in [1.82, 2.24) is 4.57 Å². The summed E-state index contributed by atoms with van der Waals surface area (Å²) in [5, 5.41) is 0. The molecule has 0 unspecified atom stereocenters. The average Bonchev–Trinajstić information content (AvgIpc) is 2.75. The van der Waals surface area contributed by atoms with E-state index >= 15 is 0 Å². The average molecular weight is 366 g/mol. The minimum Gasteiger partial charge on any atom is -1.00 e. The first-order chi connectivity index (χ1) is 7.15. The van der Waals surface area contributed by atoms with E-state index in [-0.39, 0.29) is 22.8 Å². The zero-order chi connectivity index (χ0) is 10.8. The highest BCUT2D eigenvalue weighted by Gasteiger charge is 2.12. The summed E-state index contributed by atoms with van der Waals surface area (Å²) in [5.74, 6) is 0.141. The first-order valence-corrected chi connectivity index (χ1v) is 6.05. The molecule has 0 fully saturated rings. The molecule has 0 spiro atoms. The largest absolute Gasteiger partial charge is 1.00 e. The molecule has 16 heavy (non-hydrogen) atoms. The number of aromatic nitrogens is 2. The number of carbonyl (C=O) groups is 1. The summed E-state index contributed by atoms with van der Waals surface area (Å²) in [7, 11) is 1.93. The monoisotopic (exact) mass is 364 g/mol. The summed E-state index contributed by atoms with van der Waals surface area (Å²) in [4.78, 5) is 12.6. The van der Waals surface area contributed by atoms with Gasteiger partial charge in [-0.25, -0.2) is 9.13 Å². The van der Waals surface area contributed by atoms with E-state index in [2.05, 4.69) is 15.9 Å². The molecular weight excluding hydrogens is 356 g/mol.